The number of rotatable bonds is 1. The highest BCUT2D eigenvalue weighted by molar-refractivity contribution is 5.79. The minimum absolute atomic E-state index is 0.311. The second kappa shape index (κ2) is 4.67. The summed E-state index contributed by atoms with van der Waals surface area (Å²) < 4.78 is 5.36. The minimum Gasteiger partial charge on any atom is -0.481 e. The third kappa shape index (κ3) is 2.54. The van der Waals surface area contributed by atoms with E-state index in [9.17, 15) is 14.7 Å². The first kappa shape index (κ1) is 14.1. The summed E-state index contributed by atoms with van der Waals surface area (Å²) in [5.74, 6) is -0.801. The van der Waals surface area contributed by atoms with Crippen molar-refractivity contribution in [2.75, 3.05) is 19.6 Å². The van der Waals surface area contributed by atoms with Gasteiger partial charge in [0.25, 0.3) is 0 Å². The first-order valence-corrected chi connectivity index (χ1v) is 6.70. The number of aliphatic carboxylic acids is 1. The highest BCUT2D eigenvalue weighted by Crippen LogP contribution is 2.42. The Bertz CT molecular complexity index is 391. The molecule has 2 fully saturated rings. The quantitative estimate of drug-likeness (QED) is 0.745. The van der Waals surface area contributed by atoms with Gasteiger partial charge >= 0.3 is 12.1 Å². The van der Waals surface area contributed by atoms with Crippen molar-refractivity contribution in [1.29, 1.82) is 0 Å². The van der Waals surface area contributed by atoms with Gasteiger partial charge in [-0.1, -0.05) is 0 Å². The van der Waals surface area contributed by atoms with Crippen LogP contribution in [-0.4, -0.2) is 53.3 Å². The highest BCUT2D eigenvalue weighted by atomic mass is 16.6. The topological polar surface area (TPSA) is 78.9 Å². The number of likely N-dealkylation sites (tertiary alicyclic amines) is 1. The monoisotopic (exact) mass is 270 g/mol. The fourth-order valence-electron chi connectivity index (χ4n) is 2.98. The van der Waals surface area contributed by atoms with Crippen LogP contribution in [0, 0.1) is 5.41 Å². The first-order chi connectivity index (χ1) is 8.76. The van der Waals surface area contributed by atoms with Crippen molar-refractivity contribution >= 4 is 12.1 Å². The Morgan fingerprint density at radius 1 is 1.37 bits per heavy atom. The Labute approximate surface area is 113 Å². The van der Waals surface area contributed by atoms with Gasteiger partial charge in [-0.15, -0.1) is 0 Å². The maximum Gasteiger partial charge on any atom is 0.410 e. The molecule has 6 heteroatoms. The first-order valence-electron chi connectivity index (χ1n) is 6.70. The molecule has 19 heavy (non-hydrogen) atoms. The highest BCUT2D eigenvalue weighted by Gasteiger charge is 2.55. The molecule has 108 valence electrons. The zero-order chi connectivity index (χ0) is 14.3. The van der Waals surface area contributed by atoms with Gasteiger partial charge < -0.3 is 20.1 Å². The Kier molecular flexibility index (Phi) is 3.47. The van der Waals surface area contributed by atoms with Gasteiger partial charge in [-0.25, -0.2) is 4.79 Å². The molecule has 2 rings (SSSR count). The molecule has 6 nitrogen and oxygen atoms in total. The lowest BCUT2D eigenvalue weighted by molar-refractivity contribution is -0.151. The Hall–Kier alpha value is -1.30. The van der Waals surface area contributed by atoms with Crippen LogP contribution in [0.3, 0.4) is 0 Å². The molecule has 2 aliphatic rings. The van der Waals surface area contributed by atoms with Crippen molar-refractivity contribution < 1.29 is 19.4 Å². The van der Waals surface area contributed by atoms with Gasteiger partial charge in [0.1, 0.15) is 5.60 Å². The van der Waals surface area contributed by atoms with Gasteiger partial charge in [0.05, 0.1) is 11.5 Å². The lowest BCUT2D eigenvalue weighted by Gasteiger charge is -2.39. The van der Waals surface area contributed by atoms with E-state index in [1.165, 1.54) is 0 Å². The van der Waals surface area contributed by atoms with E-state index in [0.29, 0.717) is 32.5 Å². The molecule has 0 aromatic rings. The predicted octanol–water partition coefficient (Wildman–Crippen LogP) is 1.06. The SMILES string of the molecule is CC(C)(C)OC(=O)N1CCC2(C(=O)O)CCNCC12. The van der Waals surface area contributed by atoms with Crippen molar-refractivity contribution in [3.63, 3.8) is 0 Å². The number of carbonyl (C=O) groups is 2. The van der Waals surface area contributed by atoms with E-state index in [4.69, 9.17) is 4.74 Å². The Morgan fingerprint density at radius 3 is 2.63 bits per heavy atom. The molecule has 0 aliphatic carbocycles. The molecule has 1 amide bonds. The molecule has 2 unspecified atom stereocenters. The normalized spacial score (nSPS) is 30.9. The van der Waals surface area contributed by atoms with Crippen LogP contribution in [0.4, 0.5) is 4.79 Å². The maximum atomic E-state index is 12.2. The van der Waals surface area contributed by atoms with Crippen molar-refractivity contribution in [3.05, 3.63) is 0 Å². The molecule has 0 aromatic carbocycles. The summed E-state index contributed by atoms with van der Waals surface area (Å²) in [4.78, 5) is 25.3. The van der Waals surface area contributed by atoms with Crippen LogP contribution in [0.5, 0.6) is 0 Å². The van der Waals surface area contributed by atoms with E-state index >= 15 is 0 Å². The summed E-state index contributed by atoms with van der Waals surface area (Å²) in [5.41, 5.74) is -1.37. The van der Waals surface area contributed by atoms with E-state index in [1.54, 1.807) is 4.90 Å². The molecule has 2 aliphatic heterocycles. The molecule has 0 bridgehead atoms. The molecule has 0 aromatic heterocycles. The smallest absolute Gasteiger partial charge is 0.410 e. The van der Waals surface area contributed by atoms with Gasteiger partial charge in [-0.05, 0) is 40.2 Å². The van der Waals surface area contributed by atoms with Crippen LogP contribution in [0.1, 0.15) is 33.6 Å². The molecule has 2 N–H and O–H groups in total. The lowest BCUT2D eigenvalue weighted by Crippen LogP contribution is -2.56. The third-order valence-electron chi connectivity index (χ3n) is 3.95. The maximum absolute atomic E-state index is 12.2. The number of nitrogens with zero attached hydrogens (tertiary/aromatic N) is 1. The van der Waals surface area contributed by atoms with Gasteiger partial charge in [0.15, 0.2) is 0 Å². The number of fused-ring (bicyclic) bond motifs is 1. The molecule has 2 atom stereocenters. The van der Waals surface area contributed by atoms with Crippen LogP contribution in [0.15, 0.2) is 0 Å². The number of carboxylic acids is 1. The van der Waals surface area contributed by atoms with Crippen molar-refractivity contribution in [1.82, 2.24) is 10.2 Å². The second-order valence-corrected chi connectivity index (χ2v) is 6.35. The molecular formula is C13H22N2O4. The van der Waals surface area contributed by atoms with Crippen LogP contribution in [0.25, 0.3) is 0 Å². The predicted molar refractivity (Wildman–Crippen MR) is 68.9 cm³/mol. The zero-order valence-electron chi connectivity index (χ0n) is 11.7. The summed E-state index contributed by atoms with van der Waals surface area (Å²) in [5, 5.41) is 12.7. The van der Waals surface area contributed by atoms with E-state index < -0.39 is 23.1 Å². The van der Waals surface area contributed by atoms with Crippen LogP contribution < -0.4 is 5.32 Å². The fraction of sp³-hybridized carbons (Fsp3) is 0.846. The molecule has 2 saturated heterocycles. The third-order valence-corrected chi connectivity index (χ3v) is 3.95. The van der Waals surface area contributed by atoms with Crippen LogP contribution in [0.2, 0.25) is 0 Å². The van der Waals surface area contributed by atoms with Gasteiger partial charge in [0.2, 0.25) is 0 Å². The summed E-state index contributed by atoms with van der Waals surface area (Å²) >= 11 is 0. The summed E-state index contributed by atoms with van der Waals surface area (Å²) in [6, 6.07) is -0.311. The van der Waals surface area contributed by atoms with E-state index in [2.05, 4.69) is 5.32 Å². The van der Waals surface area contributed by atoms with Crippen molar-refractivity contribution in [2.24, 2.45) is 5.41 Å². The summed E-state index contributed by atoms with van der Waals surface area (Å²) in [6.07, 6.45) is 0.657. The average Bonchev–Trinajstić information content (AvgIpc) is 2.67. The molecular weight excluding hydrogens is 248 g/mol. The number of carbonyl (C=O) groups excluding carboxylic acids is 1. The summed E-state index contributed by atoms with van der Waals surface area (Å²) in [6.45, 7) is 7.09. The Balaban J connectivity index is 2.17. The minimum atomic E-state index is -0.803. The van der Waals surface area contributed by atoms with Crippen molar-refractivity contribution in [3.8, 4) is 0 Å². The number of piperidine rings is 1. The van der Waals surface area contributed by atoms with E-state index in [0.717, 1.165) is 0 Å². The van der Waals surface area contributed by atoms with Gasteiger partial charge in [0, 0.05) is 13.1 Å². The number of hydrogen-bond donors (Lipinski definition) is 2. The number of hydrogen-bond acceptors (Lipinski definition) is 4. The van der Waals surface area contributed by atoms with E-state index in [-0.39, 0.29) is 6.04 Å². The summed E-state index contributed by atoms with van der Waals surface area (Å²) in [7, 11) is 0. The van der Waals surface area contributed by atoms with Crippen LogP contribution >= 0.6 is 0 Å². The van der Waals surface area contributed by atoms with Crippen LogP contribution in [-0.2, 0) is 9.53 Å². The van der Waals surface area contributed by atoms with Gasteiger partial charge in [-0.2, -0.15) is 0 Å². The Morgan fingerprint density at radius 2 is 2.05 bits per heavy atom. The van der Waals surface area contributed by atoms with E-state index in [1.807, 2.05) is 20.8 Å². The lowest BCUT2D eigenvalue weighted by atomic mass is 9.75. The zero-order valence-corrected chi connectivity index (χ0v) is 11.7. The van der Waals surface area contributed by atoms with Crippen molar-refractivity contribution in [2.45, 2.75) is 45.3 Å². The average molecular weight is 270 g/mol. The number of ether oxygens (including phenoxy) is 1. The largest absolute Gasteiger partial charge is 0.481 e. The fourth-order valence-corrected chi connectivity index (χ4v) is 2.98. The molecule has 0 radical (unpaired) electrons. The molecule has 2 heterocycles. The number of nitrogens with one attached hydrogen (secondary N) is 1. The number of carboxylic acid groups (broad SMARTS) is 1. The number of amides is 1. The molecule has 0 saturated carbocycles. The standard InChI is InChI=1S/C13H22N2O4/c1-12(2,3)19-11(18)15-7-5-13(10(16)17)4-6-14-8-9(13)15/h9,14H,4-8H2,1-3H3,(H,16,17). The molecule has 0 spiro atoms. The second-order valence-electron chi connectivity index (χ2n) is 6.35. The van der Waals surface area contributed by atoms with Gasteiger partial charge in [-0.3, -0.25) is 4.79 Å².